The fourth-order valence-electron chi connectivity index (χ4n) is 3.28. The highest BCUT2D eigenvalue weighted by molar-refractivity contribution is 5.81. The van der Waals surface area contributed by atoms with Crippen molar-refractivity contribution in [1.82, 2.24) is 19.7 Å². The molecule has 0 spiro atoms. The number of amides is 3. The summed E-state index contributed by atoms with van der Waals surface area (Å²) in [5, 5.41) is 2.90. The zero-order valence-corrected chi connectivity index (χ0v) is 16.0. The summed E-state index contributed by atoms with van der Waals surface area (Å²) in [5.41, 5.74) is 2.03. The first kappa shape index (κ1) is 19.0. The van der Waals surface area contributed by atoms with Crippen molar-refractivity contribution in [1.29, 1.82) is 0 Å². The predicted molar refractivity (Wildman–Crippen MR) is 102 cm³/mol. The molecule has 2 aromatic rings. The van der Waals surface area contributed by atoms with Crippen molar-refractivity contribution in [2.75, 3.05) is 26.2 Å². The van der Waals surface area contributed by atoms with Gasteiger partial charge in [0.25, 0.3) is 0 Å². The summed E-state index contributed by atoms with van der Waals surface area (Å²) in [6.07, 6.45) is 1.01. The van der Waals surface area contributed by atoms with Crippen LogP contribution in [0.3, 0.4) is 0 Å². The van der Waals surface area contributed by atoms with Gasteiger partial charge in [0.05, 0.1) is 11.9 Å². The largest absolute Gasteiger partial charge is 0.419 e. The van der Waals surface area contributed by atoms with E-state index in [0.717, 1.165) is 12.0 Å². The third kappa shape index (κ3) is 4.32. The number of urea groups is 1. The Morgan fingerprint density at radius 2 is 1.85 bits per heavy atom. The predicted octanol–water partition coefficient (Wildman–Crippen LogP) is 1.33. The van der Waals surface area contributed by atoms with E-state index < -0.39 is 5.76 Å². The molecule has 1 saturated heterocycles. The Bertz CT molecular complexity index is 899. The van der Waals surface area contributed by atoms with Gasteiger partial charge in [-0.15, -0.1) is 0 Å². The molecule has 0 unspecified atom stereocenters. The molecule has 0 radical (unpaired) electrons. The topological polar surface area (TPSA) is 87.8 Å². The van der Waals surface area contributed by atoms with E-state index in [9.17, 15) is 14.4 Å². The standard InChI is InChI=1S/C19H26N4O4/c1-13(2)20-18(25)23-8-4-7-22(9-10-23)17(24)12-14-5-6-16-15(11-14)21(3)19(26)27-16/h5-6,11,13H,4,7-10,12H2,1-3H3,(H,20,25). The number of fused-ring (bicyclic) bond motifs is 1. The average Bonchev–Trinajstić information content (AvgIpc) is 2.80. The minimum atomic E-state index is -0.416. The molecule has 0 saturated carbocycles. The number of carbonyl (C=O) groups is 2. The van der Waals surface area contributed by atoms with Crippen LogP contribution in [0.2, 0.25) is 0 Å². The van der Waals surface area contributed by atoms with E-state index in [0.29, 0.717) is 37.3 Å². The second-order valence-electron chi connectivity index (χ2n) is 7.23. The fourth-order valence-corrected chi connectivity index (χ4v) is 3.28. The van der Waals surface area contributed by atoms with Crippen molar-refractivity contribution >= 4 is 23.0 Å². The lowest BCUT2D eigenvalue weighted by Crippen LogP contribution is -2.45. The molecule has 0 atom stereocenters. The highest BCUT2D eigenvalue weighted by atomic mass is 16.4. The molecule has 3 rings (SSSR count). The monoisotopic (exact) mass is 374 g/mol. The van der Waals surface area contributed by atoms with Crippen LogP contribution < -0.4 is 11.1 Å². The first-order valence-corrected chi connectivity index (χ1v) is 9.27. The normalized spacial score (nSPS) is 15.3. The van der Waals surface area contributed by atoms with E-state index in [1.54, 1.807) is 22.9 Å². The number of benzene rings is 1. The molecule has 8 nitrogen and oxygen atoms in total. The van der Waals surface area contributed by atoms with Gasteiger partial charge in [-0.05, 0) is 38.0 Å². The van der Waals surface area contributed by atoms with Crippen molar-refractivity contribution in [2.24, 2.45) is 7.05 Å². The van der Waals surface area contributed by atoms with Crippen molar-refractivity contribution < 1.29 is 14.0 Å². The van der Waals surface area contributed by atoms with Gasteiger partial charge in [-0.1, -0.05) is 6.07 Å². The number of aryl methyl sites for hydroxylation is 1. The molecule has 1 N–H and O–H groups in total. The van der Waals surface area contributed by atoms with Gasteiger partial charge in [0.15, 0.2) is 5.58 Å². The van der Waals surface area contributed by atoms with E-state index in [4.69, 9.17) is 4.42 Å². The number of hydrogen-bond donors (Lipinski definition) is 1. The van der Waals surface area contributed by atoms with Crippen molar-refractivity contribution in [3.05, 3.63) is 34.3 Å². The van der Waals surface area contributed by atoms with E-state index in [-0.39, 0.29) is 24.4 Å². The molecule has 1 aliphatic rings. The van der Waals surface area contributed by atoms with E-state index >= 15 is 0 Å². The van der Waals surface area contributed by atoms with Gasteiger partial charge in [-0.25, -0.2) is 9.59 Å². The van der Waals surface area contributed by atoms with Crippen LogP contribution in [0.25, 0.3) is 11.1 Å². The molecular weight excluding hydrogens is 348 g/mol. The van der Waals surface area contributed by atoms with Crippen molar-refractivity contribution in [3.63, 3.8) is 0 Å². The van der Waals surface area contributed by atoms with Crippen molar-refractivity contribution in [2.45, 2.75) is 32.7 Å². The quantitative estimate of drug-likeness (QED) is 0.878. The highest BCUT2D eigenvalue weighted by Gasteiger charge is 2.22. The summed E-state index contributed by atoms with van der Waals surface area (Å²) in [4.78, 5) is 40.0. The third-order valence-corrected chi connectivity index (χ3v) is 4.76. The van der Waals surface area contributed by atoms with Gasteiger partial charge in [-0.3, -0.25) is 9.36 Å². The number of carbonyl (C=O) groups excluding carboxylic acids is 2. The smallest absolute Gasteiger partial charge is 0.408 e. The Kier molecular flexibility index (Phi) is 5.53. The first-order chi connectivity index (χ1) is 12.8. The Morgan fingerprint density at radius 1 is 1.15 bits per heavy atom. The lowest BCUT2D eigenvalue weighted by Gasteiger charge is -2.23. The van der Waals surface area contributed by atoms with Gasteiger partial charge in [0.1, 0.15) is 0 Å². The molecule has 0 aliphatic carbocycles. The van der Waals surface area contributed by atoms with Crippen LogP contribution in [0.1, 0.15) is 25.8 Å². The summed E-state index contributed by atoms with van der Waals surface area (Å²) in [5.74, 6) is -0.394. The van der Waals surface area contributed by atoms with Crippen LogP contribution in [0.15, 0.2) is 27.4 Å². The lowest BCUT2D eigenvalue weighted by molar-refractivity contribution is -0.130. The van der Waals surface area contributed by atoms with E-state index in [1.807, 2.05) is 26.0 Å². The Balaban J connectivity index is 1.63. The fraction of sp³-hybridized carbons (Fsp3) is 0.526. The summed E-state index contributed by atoms with van der Waals surface area (Å²) in [7, 11) is 1.64. The number of oxazole rings is 1. The molecule has 2 heterocycles. The summed E-state index contributed by atoms with van der Waals surface area (Å²) in [6.45, 7) is 6.19. The number of nitrogens with one attached hydrogen (secondary N) is 1. The molecule has 1 fully saturated rings. The van der Waals surface area contributed by atoms with Gasteiger partial charge < -0.3 is 19.5 Å². The summed E-state index contributed by atoms with van der Waals surface area (Å²) < 4.78 is 6.55. The molecule has 1 aromatic heterocycles. The van der Waals surface area contributed by atoms with Crippen LogP contribution in [-0.2, 0) is 18.3 Å². The lowest BCUT2D eigenvalue weighted by atomic mass is 10.1. The van der Waals surface area contributed by atoms with Crippen LogP contribution in [0.4, 0.5) is 4.79 Å². The van der Waals surface area contributed by atoms with Crippen LogP contribution in [0, 0.1) is 0 Å². The number of hydrogen-bond acceptors (Lipinski definition) is 4. The molecule has 1 aromatic carbocycles. The maximum absolute atomic E-state index is 12.7. The van der Waals surface area contributed by atoms with E-state index in [2.05, 4.69) is 5.32 Å². The Morgan fingerprint density at radius 3 is 2.59 bits per heavy atom. The summed E-state index contributed by atoms with van der Waals surface area (Å²) >= 11 is 0. The van der Waals surface area contributed by atoms with Crippen LogP contribution >= 0.6 is 0 Å². The minimum Gasteiger partial charge on any atom is -0.408 e. The maximum atomic E-state index is 12.7. The van der Waals surface area contributed by atoms with Gasteiger partial charge in [0, 0.05) is 39.3 Å². The second kappa shape index (κ2) is 7.85. The zero-order valence-electron chi connectivity index (χ0n) is 16.0. The molecular formula is C19H26N4O4. The highest BCUT2D eigenvalue weighted by Crippen LogP contribution is 2.16. The van der Waals surface area contributed by atoms with Gasteiger partial charge in [-0.2, -0.15) is 0 Å². The van der Waals surface area contributed by atoms with Crippen LogP contribution in [-0.4, -0.2) is 58.5 Å². The second-order valence-corrected chi connectivity index (χ2v) is 7.23. The first-order valence-electron chi connectivity index (χ1n) is 9.27. The number of nitrogens with zero attached hydrogens (tertiary/aromatic N) is 3. The molecule has 27 heavy (non-hydrogen) atoms. The zero-order chi connectivity index (χ0) is 19.6. The molecule has 8 heteroatoms. The average molecular weight is 374 g/mol. The Labute approximate surface area is 157 Å². The molecule has 1 aliphatic heterocycles. The Hall–Kier alpha value is -2.77. The molecule has 0 bridgehead atoms. The van der Waals surface area contributed by atoms with E-state index in [1.165, 1.54) is 4.57 Å². The maximum Gasteiger partial charge on any atom is 0.419 e. The molecule has 3 amide bonds. The number of rotatable bonds is 3. The van der Waals surface area contributed by atoms with Crippen molar-refractivity contribution in [3.8, 4) is 0 Å². The third-order valence-electron chi connectivity index (χ3n) is 4.76. The van der Waals surface area contributed by atoms with Crippen LogP contribution in [0.5, 0.6) is 0 Å². The minimum absolute atomic E-state index is 0.0222. The van der Waals surface area contributed by atoms with Gasteiger partial charge >= 0.3 is 11.8 Å². The number of aromatic nitrogens is 1. The SMILES string of the molecule is CC(C)NC(=O)N1CCCN(C(=O)Cc2ccc3oc(=O)n(C)c3c2)CC1. The summed E-state index contributed by atoms with van der Waals surface area (Å²) in [6, 6.07) is 5.36. The van der Waals surface area contributed by atoms with Gasteiger partial charge in [0.2, 0.25) is 5.91 Å². The molecule has 146 valence electrons.